The third kappa shape index (κ3) is 4.72. The lowest BCUT2D eigenvalue weighted by Crippen LogP contribution is -2.36. The van der Waals surface area contributed by atoms with Crippen LogP contribution in [-0.2, 0) is 5.41 Å². The van der Waals surface area contributed by atoms with Crippen LogP contribution in [-0.4, -0.2) is 0 Å². The minimum absolute atomic E-state index is 0.708. The average molecular weight is 653 g/mol. The van der Waals surface area contributed by atoms with Gasteiger partial charge in [0.2, 0.25) is 0 Å². The summed E-state index contributed by atoms with van der Waals surface area (Å²) in [5, 5.41) is 0. The van der Waals surface area contributed by atoms with Crippen LogP contribution in [0, 0.1) is 0 Å². The summed E-state index contributed by atoms with van der Waals surface area (Å²) in [6.07, 6.45) is 0. The second kappa shape index (κ2) is 11.8. The average Bonchev–Trinajstić information content (AvgIpc) is 3.21. The number of benzene rings is 8. The predicted octanol–water partition coefficient (Wildman–Crippen LogP) is 12.9. The molecule has 0 bridgehead atoms. The number of hydrogen-bond acceptors (Lipinski definition) is 2. The molecule has 0 unspecified atom stereocenters. The normalized spacial score (nSPS) is 13.2. The summed E-state index contributed by atoms with van der Waals surface area (Å²) < 4.78 is 14.0. The lowest BCUT2D eigenvalue weighted by atomic mass is 9.62. The van der Waals surface area contributed by atoms with Gasteiger partial charge in [-0.15, -0.1) is 0 Å². The molecule has 2 nitrogen and oxygen atoms in total. The summed E-state index contributed by atoms with van der Waals surface area (Å²) in [5.74, 6) is 3.36. The first-order chi connectivity index (χ1) is 25.3. The molecule has 0 N–H and O–H groups in total. The first-order valence-corrected chi connectivity index (χ1v) is 17.4. The minimum Gasteiger partial charge on any atom is -0.457 e. The maximum absolute atomic E-state index is 7.00. The van der Waals surface area contributed by atoms with Crippen molar-refractivity contribution in [3.05, 3.63) is 216 Å². The zero-order valence-electron chi connectivity index (χ0n) is 27.8. The SMILES string of the molecule is c1ccc(-c2ccc3c(c2)Oc2cc(-c4ccccc4)ccc2C32c3ccc(-c4ccccc4)cc3Oc3cc(-c4ccccc4)ccc32)cc1. The Hall–Kier alpha value is -6.64. The van der Waals surface area contributed by atoms with E-state index < -0.39 is 5.41 Å². The summed E-state index contributed by atoms with van der Waals surface area (Å²) in [4.78, 5) is 0. The van der Waals surface area contributed by atoms with Gasteiger partial charge in [0.05, 0.1) is 5.41 Å². The second-order valence-electron chi connectivity index (χ2n) is 13.3. The highest BCUT2D eigenvalue weighted by Crippen LogP contribution is 2.62. The molecule has 51 heavy (non-hydrogen) atoms. The Morgan fingerprint density at radius 1 is 0.235 bits per heavy atom. The van der Waals surface area contributed by atoms with Crippen molar-refractivity contribution in [2.24, 2.45) is 0 Å². The van der Waals surface area contributed by atoms with Crippen molar-refractivity contribution in [2.45, 2.75) is 5.41 Å². The summed E-state index contributed by atoms with van der Waals surface area (Å²) in [7, 11) is 0. The molecule has 8 aromatic carbocycles. The first kappa shape index (κ1) is 29.3. The molecule has 2 heterocycles. The number of rotatable bonds is 4. The molecule has 8 aromatic rings. The van der Waals surface area contributed by atoms with E-state index in [4.69, 9.17) is 9.47 Å². The molecule has 0 saturated heterocycles. The van der Waals surface area contributed by atoms with Crippen LogP contribution in [0.4, 0.5) is 0 Å². The molecule has 0 fully saturated rings. The molecule has 1 spiro atoms. The fourth-order valence-corrected chi connectivity index (χ4v) is 8.01. The molecule has 0 amide bonds. The van der Waals surface area contributed by atoms with Crippen molar-refractivity contribution in [3.8, 4) is 67.5 Å². The summed E-state index contributed by atoms with van der Waals surface area (Å²) in [6.45, 7) is 0. The van der Waals surface area contributed by atoms with Crippen molar-refractivity contribution in [2.75, 3.05) is 0 Å². The van der Waals surface area contributed by atoms with E-state index in [-0.39, 0.29) is 0 Å². The van der Waals surface area contributed by atoms with E-state index in [1.165, 1.54) is 0 Å². The van der Waals surface area contributed by atoms with Crippen molar-refractivity contribution in [1.29, 1.82) is 0 Å². The van der Waals surface area contributed by atoms with Gasteiger partial charge in [0.1, 0.15) is 23.0 Å². The molecule has 2 heteroatoms. The zero-order chi connectivity index (χ0) is 33.8. The van der Waals surface area contributed by atoms with Crippen molar-refractivity contribution >= 4 is 0 Å². The van der Waals surface area contributed by atoms with Gasteiger partial charge in [-0.25, -0.2) is 0 Å². The number of hydrogen-bond donors (Lipinski definition) is 0. The van der Waals surface area contributed by atoms with Crippen LogP contribution >= 0.6 is 0 Å². The van der Waals surface area contributed by atoms with E-state index in [0.717, 1.165) is 89.8 Å². The summed E-state index contributed by atoms with van der Waals surface area (Å²) in [5.41, 5.74) is 12.7. The molecule has 0 aliphatic carbocycles. The molecular weight excluding hydrogens is 621 g/mol. The third-order valence-corrected chi connectivity index (χ3v) is 10.4. The maximum atomic E-state index is 7.00. The van der Waals surface area contributed by atoms with Crippen molar-refractivity contribution in [3.63, 3.8) is 0 Å². The highest BCUT2D eigenvalue weighted by atomic mass is 16.5. The van der Waals surface area contributed by atoms with Crippen LogP contribution in [0.5, 0.6) is 23.0 Å². The van der Waals surface area contributed by atoms with Gasteiger partial charge in [0, 0.05) is 22.3 Å². The Labute approximate surface area is 297 Å². The number of ether oxygens (including phenoxy) is 2. The van der Waals surface area contributed by atoms with Gasteiger partial charge < -0.3 is 9.47 Å². The van der Waals surface area contributed by atoms with Gasteiger partial charge >= 0.3 is 0 Å². The van der Waals surface area contributed by atoms with Gasteiger partial charge in [0.25, 0.3) is 0 Å². The molecule has 0 atom stereocenters. The molecule has 0 saturated carbocycles. The van der Waals surface area contributed by atoms with Gasteiger partial charge in [-0.05, 0) is 68.8 Å². The van der Waals surface area contributed by atoms with Crippen LogP contribution < -0.4 is 9.47 Å². The lowest BCUT2D eigenvalue weighted by molar-refractivity contribution is 0.400. The third-order valence-electron chi connectivity index (χ3n) is 10.4. The van der Waals surface area contributed by atoms with E-state index in [2.05, 4.69) is 194 Å². The van der Waals surface area contributed by atoms with E-state index in [9.17, 15) is 0 Å². The standard InChI is InChI=1S/C49H32O2/c1-5-13-33(14-6-1)37-21-25-41-45(29-37)50-46-30-38(34-15-7-2-8-16-34)22-26-42(46)49(41)43-27-23-39(35-17-9-3-10-18-35)31-47(43)51-48-32-40(24-28-44(48)49)36-19-11-4-12-20-36/h1-32H. The molecular formula is C49H32O2. The molecule has 0 radical (unpaired) electrons. The lowest BCUT2D eigenvalue weighted by Gasteiger charge is -2.45. The molecule has 0 aromatic heterocycles. The monoisotopic (exact) mass is 652 g/mol. The minimum atomic E-state index is -0.708. The predicted molar refractivity (Wildman–Crippen MR) is 207 cm³/mol. The Morgan fingerprint density at radius 2 is 0.471 bits per heavy atom. The van der Waals surface area contributed by atoms with Crippen LogP contribution in [0.1, 0.15) is 22.3 Å². The Kier molecular flexibility index (Phi) is 6.75. The second-order valence-corrected chi connectivity index (χ2v) is 13.3. The Balaban J connectivity index is 1.28. The Morgan fingerprint density at radius 3 is 0.706 bits per heavy atom. The molecule has 2 aliphatic rings. The van der Waals surface area contributed by atoms with Gasteiger partial charge in [-0.2, -0.15) is 0 Å². The zero-order valence-corrected chi connectivity index (χ0v) is 27.8. The summed E-state index contributed by atoms with van der Waals surface area (Å²) in [6, 6.07) is 68.9. The Bertz CT molecular complexity index is 2190. The van der Waals surface area contributed by atoms with Crippen LogP contribution in [0.2, 0.25) is 0 Å². The smallest absolute Gasteiger partial charge is 0.132 e. The quantitative estimate of drug-likeness (QED) is 0.188. The van der Waals surface area contributed by atoms with Gasteiger partial charge in [0.15, 0.2) is 0 Å². The summed E-state index contributed by atoms with van der Waals surface area (Å²) >= 11 is 0. The largest absolute Gasteiger partial charge is 0.457 e. The molecule has 2 aliphatic heterocycles. The van der Waals surface area contributed by atoms with Gasteiger partial charge in [-0.1, -0.05) is 170 Å². The maximum Gasteiger partial charge on any atom is 0.132 e. The molecule has 240 valence electrons. The van der Waals surface area contributed by atoms with Crippen LogP contribution in [0.15, 0.2) is 194 Å². The first-order valence-electron chi connectivity index (χ1n) is 17.4. The van der Waals surface area contributed by atoms with E-state index in [0.29, 0.717) is 0 Å². The molecule has 10 rings (SSSR count). The fraction of sp³-hybridized carbons (Fsp3) is 0.0204. The van der Waals surface area contributed by atoms with Crippen molar-refractivity contribution in [1.82, 2.24) is 0 Å². The van der Waals surface area contributed by atoms with Crippen LogP contribution in [0.25, 0.3) is 44.5 Å². The van der Waals surface area contributed by atoms with E-state index in [1.54, 1.807) is 0 Å². The highest BCUT2D eigenvalue weighted by Gasteiger charge is 2.51. The van der Waals surface area contributed by atoms with Crippen molar-refractivity contribution < 1.29 is 9.47 Å². The van der Waals surface area contributed by atoms with E-state index in [1.807, 2.05) is 0 Å². The number of fused-ring (bicyclic) bond motifs is 8. The van der Waals surface area contributed by atoms with Crippen LogP contribution in [0.3, 0.4) is 0 Å². The van der Waals surface area contributed by atoms with Gasteiger partial charge in [-0.3, -0.25) is 0 Å². The highest BCUT2D eigenvalue weighted by molar-refractivity contribution is 5.82. The fourth-order valence-electron chi connectivity index (χ4n) is 8.01. The topological polar surface area (TPSA) is 18.5 Å². The van der Waals surface area contributed by atoms with E-state index >= 15 is 0 Å².